The number of rotatable bonds is 0. The van der Waals surface area contributed by atoms with Crippen molar-refractivity contribution in [1.29, 1.82) is 0 Å². The van der Waals surface area contributed by atoms with E-state index in [1.807, 2.05) is 0 Å². The molecule has 2 nitrogen and oxygen atoms in total. The van der Waals surface area contributed by atoms with Crippen molar-refractivity contribution in [3.8, 4) is 0 Å². The van der Waals surface area contributed by atoms with Crippen LogP contribution in [0.3, 0.4) is 0 Å². The van der Waals surface area contributed by atoms with Crippen molar-refractivity contribution in [3.63, 3.8) is 0 Å². The van der Waals surface area contributed by atoms with E-state index in [9.17, 15) is 0 Å². The van der Waals surface area contributed by atoms with Gasteiger partial charge in [-0.05, 0) is 6.42 Å². The summed E-state index contributed by atoms with van der Waals surface area (Å²) in [5.41, 5.74) is 0. The van der Waals surface area contributed by atoms with E-state index < -0.39 is 0 Å². The van der Waals surface area contributed by atoms with Crippen LogP contribution in [0, 0.1) is 0 Å². The molecule has 0 fully saturated rings. The highest BCUT2D eigenvalue weighted by Gasteiger charge is 2.19. The molecule has 0 radical (unpaired) electrons. The van der Waals surface area contributed by atoms with Crippen LogP contribution in [0.1, 0.15) is 12.2 Å². The van der Waals surface area contributed by atoms with Gasteiger partial charge >= 0.3 is 0 Å². The molecule has 0 saturated heterocycles. The second kappa shape index (κ2) is 2.90. The van der Waals surface area contributed by atoms with Gasteiger partial charge in [0.05, 0.1) is 20.0 Å². The highest BCUT2D eigenvalue weighted by molar-refractivity contribution is 4.88. The highest BCUT2D eigenvalue weighted by atomic mass is 127. The Labute approximate surface area is 77.9 Å². The molecule has 1 aliphatic rings. The number of aryl methyl sites for hydroxylation is 2. The molecular weight excluding hydrogens is 239 g/mol. The van der Waals surface area contributed by atoms with Crippen LogP contribution in [0.25, 0.3) is 0 Å². The Balaban J connectivity index is 0.000000500. The molecule has 0 aromatic carbocycles. The van der Waals surface area contributed by atoms with E-state index in [2.05, 4.69) is 28.6 Å². The predicted molar refractivity (Wildman–Crippen MR) is 33.9 cm³/mol. The minimum atomic E-state index is 0. The van der Waals surface area contributed by atoms with Crippen molar-refractivity contribution in [1.82, 2.24) is 4.57 Å². The van der Waals surface area contributed by atoms with Crippen molar-refractivity contribution < 1.29 is 28.5 Å². The van der Waals surface area contributed by atoms with Crippen LogP contribution >= 0.6 is 0 Å². The van der Waals surface area contributed by atoms with Gasteiger partial charge in [-0.15, -0.1) is 0 Å². The molecule has 0 atom stereocenters. The van der Waals surface area contributed by atoms with Crippen molar-refractivity contribution in [2.24, 2.45) is 7.05 Å². The van der Waals surface area contributed by atoms with Gasteiger partial charge in [0.15, 0.2) is 0 Å². The van der Waals surface area contributed by atoms with Crippen LogP contribution in [-0.2, 0) is 20.0 Å². The monoisotopic (exact) mass is 250 g/mol. The molecular formula is C7H11IN2. The van der Waals surface area contributed by atoms with Gasteiger partial charge in [-0.1, -0.05) is 0 Å². The molecule has 1 aromatic heterocycles. The number of aromatic nitrogens is 2. The average molecular weight is 250 g/mol. The largest absolute Gasteiger partial charge is 1.00 e. The van der Waals surface area contributed by atoms with Crippen molar-refractivity contribution in [3.05, 3.63) is 18.2 Å². The zero-order valence-corrected chi connectivity index (χ0v) is 8.21. The van der Waals surface area contributed by atoms with Gasteiger partial charge in [0.25, 0.3) is 5.82 Å². The molecule has 1 aliphatic heterocycles. The number of fused-ring (bicyclic) bond motifs is 1. The third-order valence-electron chi connectivity index (χ3n) is 2.01. The topological polar surface area (TPSA) is 8.81 Å². The summed E-state index contributed by atoms with van der Waals surface area (Å²) in [6.07, 6.45) is 6.85. The Morgan fingerprint density at radius 2 is 2.40 bits per heavy atom. The minimum Gasteiger partial charge on any atom is -1.00 e. The molecule has 0 amide bonds. The number of nitrogens with zero attached hydrogens (tertiary/aromatic N) is 2. The third kappa shape index (κ3) is 1.07. The lowest BCUT2D eigenvalue weighted by atomic mass is 10.4. The fraction of sp³-hybridized carbons (Fsp3) is 0.571. The average Bonchev–Trinajstić information content (AvgIpc) is 2.35. The van der Waals surface area contributed by atoms with Gasteiger partial charge in [-0.2, -0.15) is 0 Å². The van der Waals surface area contributed by atoms with Crippen LogP contribution in [0.4, 0.5) is 0 Å². The van der Waals surface area contributed by atoms with Crippen molar-refractivity contribution >= 4 is 0 Å². The van der Waals surface area contributed by atoms with E-state index in [4.69, 9.17) is 0 Å². The molecule has 0 N–H and O–H groups in total. The maximum Gasteiger partial charge on any atom is 0.256 e. The van der Waals surface area contributed by atoms with Crippen LogP contribution < -0.4 is 28.5 Å². The number of imidazole rings is 1. The molecule has 0 spiro atoms. The molecule has 2 rings (SSSR count). The molecule has 1 aromatic rings. The first-order valence-electron chi connectivity index (χ1n) is 3.41. The number of hydrogen-bond donors (Lipinski definition) is 0. The lowest BCUT2D eigenvalue weighted by molar-refractivity contribution is -0.678. The first kappa shape index (κ1) is 8.04. The fourth-order valence-electron chi connectivity index (χ4n) is 1.49. The van der Waals surface area contributed by atoms with E-state index >= 15 is 0 Å². The molecule has 56 valence electrons. The van der Waals surface area contributed by atoms with E-state index in [-0.39, 0.29) is 24.0 Å². The van der Waals surface area contributed by atoms with Crippen LogP contribution in [0.2, 0.25) is 0 Å². The van der Waals surface area contributed by atoms with Crippen molar-refractivity contribution in [2.75, 3.05) is 0 Å². The van der Waals surface area contributed by atoms with Gasteiger partial charge in [-0.25, -0.2) is 9.13 Å². The summed E-state index contributed by atoms with van der Waals surface area (Å²) in [7, 11) is 2.11. The first-order valence-corrected chi connectivity index (χ1v) is 3.41. The zero-order chi connectivity index (χ0) is 6.27. The van der Waals surface area contributed by atoms with Gasteiger partial charge in [0, 0.05) is 0 Å². The summed E-state index contributed by atoms with van der Waals surface area (Å²) in [4.78, 5) is 0. The van der Waals surface area contributed by atoms with Crippen LogP contribution in [0.5, 0.6) is 0 Å². The second-order valence-corrected chi connectivity index (χ2v) is 2.62. The molecule has 3 heteroatoms. The third-order valence-corrected chi connectivity index (χ3v) is 2.01. The summed E-state index contributed by atoms with van der Waals surface area (Å²) in [6, 6.07) is 0. The smallest absolute Gasteiger partial charge is 0.256 e. The molecule has 0 aliphatic carbocycles. The zero-order valence-electron chi connectivity index (χ0n) is 6.05. The Morgan fingerprint density at radius 1 is 1.60 bits per heavy atom. The molecule has 0 saturated carbocycles. The quantitative estimate of drug-likeness (QED) is 0.349. The molecule has 0 bridgehead atoms. The minimum absolute atomic E-state index is 0. The van der Waals surface area contributed by atoms with E-state index in [0.717, 1.165) is 0 Å². The van der Waals surface area contributed by atoms with E-state index in [1.54, 1.807) is 0 Å². The predicted octanol–water partition coefficient (Wildman–Crippen LogP) is -2.74. The second-order valence-electron chi connectivity index (χ2n) is 2.62. The SMILES string of the molecule is C[n+]1ccn2c1CCC2.[I-]. The Kier molecular flexibility index (Phi) is 2.33. The van der Waals surface area contributed by atoms with Gasteiger partial charge in [-0.3, -0.25) is 0 Å². The van der Waals surface area contributed by atoms with E-state index in [1.165, 1.54) is 25.2 Å². The molecule has 2 heterocycles. The lowest BCUT2D eigenvalue weighted by Gasteiger charge is -1.84. The summed E-state index contributed by atoms with van der Waals surface area (Å²) in [5.74, 6) is 1.47. The van der Waals surface area contributed by atoms with Gasteiger partial charge in [0.2, 0.25) is 0 Å². The van der Waals surface area contributed by atoms with Crippen LogP contribution in [0.15, 0.2) is 12.4 Å². The maximum absolute atomic E-state index is 2.32. The number of hydrogen-bond acceptors (Lipinski definition) is 0. The van der Waals surface area contributed by atoms with Gasteiger partial charge < -0.3 is 24.0 Å². The Bertz CT molecular complexity index is 230. The highest BCUT2D eigenvalue weighted by Crippen LogP contribution is 2.08. The maximum atomic E-state index is 2.32. The van der Waals surface area contributed by atoms with Crippen LogP contribution in [-0.4, -0.2) is 4.57 Å². The first-order chi connectivity index (χ1) is 4.38. The lowest BCUT2D eigenvalue weighted by Crippen LogP contribution is -3.00. The normalized spacial score (nSPS) is 14.5. The summed E-state index contributed by atoms with van der Waals surface area (Å²) in [6.45, 7) is 1.22. The van der Waals surface area contributed by atoms with Crippen molar-refractivity contribution in [2.45, 2.75) is 19.4 Å². The Morgan fingerprint density at radius 3 is 3.10 bits per heavy atom. The number of halogens is 1. The van der Waals surface area contributed by atoms with E-state index in [0.29, 0.717) is 0 Å². The summed E-state index contributed by atoms with van der Waals surface area (Å²) in [5, 5.41) is 0. The van der Waals surface area contributed by atoms with Gasteiger partial charge in [0.1, 0.15) is 12.4 Å². The summed E-state index contributed by atoms with van der Waals surface area (Å²) >= 11 is 0. The molecule has 10 heavy (non-hydrogen) atoms. The Hall–Kier alpha value is -0.0600. The standard InChI is InChI=1S/C7H11N2.HI/c1-8-5-6-9-4-2-3-7(8)9;/h5-6H,2-4H2,1H3;1H/q+1;/p-1. The fourth-order valence-corrected chi connectivity index (χ4v) is 1.49. The summed E-state index contributed by atoms with van der Waals surface area (Å²) < 4.78 is 4.52. The molecule has 0 unspecified atom stereocenters.